The van der Waals surface area contributed by atoms with Crippen LogP contribution < -0.4 is 16.4 Å². The van der Waals surface area contributed by atoms with Crippen molar-refractivity contribution in [2.75, 3.05) is 36.8 Å². The summed E-state index contributed by atoms with van der Waals surface area (Å²) in [5.74, 6) is 0. The minimum Gasteiger partial charge on any atom is -0.444 e. The fourth-order valence-electron chi connectivity index (χ4n) is 3.87. The van der Waals surface area contributed by atoms with Crippen LogP contribution in [0, 0.1) is 5.41 Å². The molecule has 1 aromatic carbocycles. The normalized spacial score (nSPS) is 23.5. The Kier molecular flexibility index (Phi) is 4.58. The van der Waals surface area contributed by atoms with Gasteiger partial charge in [0.05, 0.1) is 0 Å². The third-order valence-corrected chi connectivity index (χ3v) is 5.24. The van der Waals surface area contributed by atoms with Crippen molar-refractivity contribution in [1.29, 1.82) is 0 Å². The highest BCUT2D eigenvalue weighted by atomic mass is 16.6. The quantitative estimate of drug-likeness (QED) is 0.804. The summed E-state index contributed by atoms with van der Waals surface area (Å²) in [5.41, 5.74) is 14.4. The number of anilines is 2. The molecule has 25 heavy (non-hydrogen) atoms. The minimum absolute atomic E-state index is 0.168. The number of hydrogen-bond donors (Lipinski definition) is 2. The lowest BCUT2D eigenvalue weighted by Crippen LogP contribution is -2.37. The molecule has 2 aliphatic rings. The summed E-state index contributed by atoms with van der Waals surface area (Å²) < 4.78 is 5.52. The first-order valence-electron chi connectivity index (χ1n) is 9.03. The lowest BCUT2D eigenvalue weighted by Gasteiger charge is -2.27. The Bertz CT molecular complexity index is 655. The molecule has 1 atom stereocenters. The van der Waals surface area contributed by atoms with Crippen LogP contribution in [0.4, 0.5) is 16.2 Å². The van der Waals surface area contributed by atoms with E-state index >= 15 is 0 Å². The molecular weight excluding hydrogens is 316 g/mol. The molecule has 1 unspecified atom stereocenters. The molecule has 4 N–H and O–H groups in total. The molecule has 1 spiro atoms. The summed E-state index contributed by atoms with van der Waals surface area (Å²) in [5, 5.41) is 0. The predicted molar refractivity (Wildman–Crippen MR) is 100 cm³/mol. The first kappa shape index (κ1) is 17.9. The van der Waals surface area contributed by atoms with E-state index in [1.807, 2.05) is 31.7 Å². The summed E-state index contributed by atoms with van der Waals surface area (Å²) in [6.45, 7) is 9.68. The molecule has 6 nitrogen and oxygen atoms in total. The Morgan fingerprint density at radius 1 is 1.24 bits per heavy atom. The molecule has 2 aliphatic heterocycles. The number of nitrogens with two attached hydrogens (primary N) is 2. The van der Waals surface area contributed by atoms with E-state index in [9.17, 15) is 4.79 Å². The number of carbonyl (C=O) groups excluding carboxylic acids is 1. The number of amides is 1. The van der Waals surface area contributed by atoms with Crippen molar-refractivity contribution in [2.45, 2.75) is 45.8 Å². The van der Waals surface area contributed by atoms with Gasteiger partial charge in [-0.05, 0) is 57.4 Å². The van der Waals surface area contributed by atoms with Gasteiger partial charge in [-0.2, -0.15) is 0 Å². The molecule has 0 saturated carbocycles. The molecule has 6 heteroatoms. The van der Waals surface area contributed by atoms with E-state index < -0.39 is 5.60 Å². The number of benzene rings is 1. The molecular formula is C19H30N4O2. The molecule has 2 fully saturated rings. The predicted octanol–water partition coefficient (Wildman–Crippen LogP) is 2.56. The maximum atomic E-state index is 12.3. The standard InChI is InChI=1S/C19H30N4O2/c1-18(2,3)25-17(24)23-9-7-19(13-23)6-8-22(12-19)15-4-5-16(21)14(10-15)11-20/h4-5,10H,6-9,11-13,20-21H2,1-3H3. The summed E-state index contributed by atoms with van der Waals surface area (Å²) >= 11 is 0. The van der Waals surface area contributed by atoms with Crippen LogP contribution in [0.15, 0.2) is 18.2 Å². The number of carbonyl (C=O) groups is 1. The molecule has 2 heterocycles. The second kappa shape index (κ2) is 6.41. The van der Waals surface area contributed by atoms with Gasteiger partial charge >= 0.3 is 6.09 Å². The zero-order valence-corrected chi connectivity index (χ0v) is 15.5. The summed E-state index contributed by atoms with van der Waals surface area (Å²) in [6.07, 6.45) is 1.93. The van der Waals surface area contributed by atoms with Crippen molar-refractivity contribution in [1.82, 2.24) is 4.90 Å². The zero-order chi connectivity index (χ0) is 18.2. The Morgan fingerprint density at radius 3 is 2.64 bits per heavy atom. The topological polar surface area (TPSA) is 84.8 Å². The maximum Gasteiger partial charge on any atom is 0.410 e. The number of nitrogens with zero attached hydrogens (tertiary/aromatic N) is 2. The van der Waals surface area contributed by atoms with Gasteiger partial charge < -0.3 is 26.0 Å². The molecule has 1 amide bonds. The summed E-state index contributed by atoms with van der Waals surface area (Å²) in [6, 6.07) is 6.09. The molecule has 0 bridgehead atoms. The first-order chi connectivity index (χ1) is 11.7. The summed E-state index contributed by atoms with van der Waals surface area (Å²) in [4.78, 5) is 16.6. The molecule has 0 aliphatic carbocycles. The molecule has 0 aromatic heterocycles. The fraction of sp³-hybridized carbons (Fsp3) is 0.632. The SMILES string of the molecule is CC(C)(C)OC(=O)N1CCC2(CCN(c3ccc(N)c(CN)c3)C2)C1. The van der Waals surface area contributed by atoms with Crippen molar-refractivity contribution in [3.8, 4) is 0 Å². The van der Waals surface area contributed by atoms with E-state index in [0.717, 1.165) is 50.3 Å². The van der Waals surface area contributed by atoms with Crippen LogP contribution in [0.3, 0.4) is 0 Å². The second-order valence-corrected chi connectivity index (χ2v) is 8.41. The lowest BCUT2D eigenvalue weighted by molar-refractivity contribution is 0.0276. The number of nitrogen functional groups attached to an aromatic ring is 1. The van der Waals surface area contributed by atoms with E-state index in [-0.39, 0.29) is 11.5 Å². The van der Waals surface area contributed by atoms with E-state index in [0.29, 0.717) is 6.54 Å². The lowest BCUT2D eigenvalue weighted by atomic mass is 9.86. The van der Waals surface area contributed by atoms with Gasteiger partial charge in [-0.3, -0.25) is 0 Å². The largest absolute Gasteiger partial charge is 0.444 e. The van der Waals surface area contributed by atoms with Crippen molar-refractivity contribution >= 4 is 17.5 Å². The number of hydrogen-bond acceptors (Lipinski definition) is 5. The van der Waals surface area contributed by atoms with Crippen LogP contribution in [0.25, 0.3) is 0 Å². The van der Waals surface area contributed by atoms with Crippen LogP contribution >= 0.6 is 0 Å². The van der Waals surface area contributed by atoms with Crippen molar-refractivity contribution < 1.29 is 9.53 Å². The third kappa shape index (κ3) is 3.84. The number of ether oxygens (including phenoxy) is 1. The van der Waals surface area contributed by atoms with Crippen LogP contribution in [0.5, 0.6) is 0 Å². The van der Waals surface area contributed by atoms with Gasteiger partial charge in [-0.1, -0.05) is 0 Å². The molecule has 3 rings (SSSR count). The monoisotopic (exact) mass is 346 g/mol. The molecule has 2 saturated heterocycles. The highest BCUT2D eigenvalue weighted by molar-refractivity contribution is 5.68. The van der Waals surface area contributed by atoms with Gasteiger partial charge in [0.25, 0.3) is 0 Å². The van der Waals surface area contributed by atoms with Crippen LogP contribution in [-0.2, 0) is 11.3 Å². The van der Waals surface area contributed by atoms with Crippen LogP contribution in [-0.4, -0.2) is 42.8 Å². The Labute approximate surface area is 150 Å². The number of likely N-dealkylation sites (tertiary alicyclic amines) is 1. The molecule has 138 valence electrons. The average molecular weight is 346 g/mol. The highest BCUT2D eigenvalue weighted by Crippen LogP contribution is 2.41. The summed E-state index contributed by atoms with van der Waals surface area (Å²) in [7, 11) is 0. The van der Waals surface area contributed by atoms with Gasteiger partial charge in [0.15, 0.2) is 0 Å². The zero-order valence-electron chi connectivity index (χ0n) is 15.5. The van der Waals surface area contributed by atoms with E-state index in [1.165, 1.54) is 5.69 Å². The van der Waals surface area contributed by atoms with Gasteiger partial charge in [0.2, 0.25) is 0 Å². The van der Waals surface area contributed by atoms with Gasteiger partial charge in [0, 0.05) is 49.5 Å². The highest BCUT2D eigenvalue weighted by Gasteiger charge is 2.45. The Balaban J connectivity index is 1.66. The second-order valence-electron chi connectivity index (χ2n) is 8.41. The molecule has 0 radical (unpaired) electrons. The Morgan fingerprint density at radius 2 is 1.96 bits per heavy atom. The first-order valence-corrected chi connectivity index (χ1v) is 9.03. The fourth-order valence-corrected chi connectivity index (χ4v) is 3.87. The van der Waals surface area contributed by atoms with Gasteiger partial charge in [-0.15, -0.1) is 0 Å². The average Bonchev–Trinajstić information content (AvgIpc) is 3.14. The molecule has 1 aromatic rings. The van der Waals surface area contributed by atoms with Gasteiger partial charge in [-0.25, -0.2) is 4.79 Å². The Hall–Kier alpha value is -1.95. The maximum absolute atomic E-state index is 12.3. The van der Waals surface area contributed by atoms with Gasteiger partial charge in [0.1, 0.15) is 5.60 Å². The van der Waals surface area contributed by atoms with E-state index in [4.69, 9.17) is 16.2 Å². The van der Waals surface area contributed by atoms with Crippen molar-refractivity contribution in [2.24, 2.45) is 11.1 Å². The van der Waals surface area contributed by atoms with Crippen LogP contribution in [0.1, 0.15) is 39.2 Å². The minimum atomic E-state index is -0.447. The smallest absolute Gasteiger partial charge is 0.410 e. The third-order valence-electron chi connectivity index (χ3n) is 5.24. The van der Waals surface area contributed by atoms with Crippen molar-refractivity contribution in [3.05, 3.63) is 23.8 Å². The van der Waals surface area contributed by atoms with Crippen LogP contribution in [0.2, 0.25) is 0 Å². The van der Waals surface area contributed by atoms with E-state index in [1.54, 1.807) is 0 Å². The number of rotatable bonds is 2. The van der Waals surface area contributed by atoms with Crippen molar-refractivity contribution in [3.63, 3.8) is 0 Å². The van der Waals surface area contributed by atoms with E-state index in [2.05, 4.69) is 17.0 Å².